The molecule has 6 N–H and O–H groups in total. The lowest BCUT2D eigenvalue weighted by molar-refractivity contribution is -0.140. The molecule has 31 heavy (non-hydrogen) atoms. The Balaban J connectivity index is 2.02. The van der Waals surface area contributed by atoms with Crippen molar-refractivity contribution in [2.24, 2.45) is 16.5 Å². The van der Waals surface area contributed by atoms with E-state index >= 15 is 0 Å². The van der Waals surface area contributed by atoms with Crippen molar-refractivity contribution in [1.29, 1.82) is 0 Å². The summed E-state index contributed by atoms with van der Waals surface area (Å²) in [4.78, 5) is 43.3. The number of nitrogens with zero attached hydrogens (tertiary/aromatic N) is 2. The number of carbonyl (C=O) groups is 3. The van der Waals surface area contributed by atoms with Crippen LogP contribution >= 0.6 is 0 Å². The number of likely N-dealkylation sites (N-methyl/N-ethyl adjacent to an activating group) is 1. The molecule has 3 amide bonds. The van der Waals surface area contributed by atoms with E-state index in [1.807, 2.05) is 37.3 Å². The minimum Gasteiger partial charge on any atom is -0.445 e. The zero-order valence-corrected chi connectivity index (χ0v) is 17.9. The molecule has 0 saturated carbocycles. The van der Waals surface area contributed by atoms with Crippen LogP contribution in [0.4, 0.5) is 4.79 Å². The zero-order valence-electron chi connectivity index (χ0n) is 17.9. The second-order valence-corrected chi connectivity index (χ2v) is 7.29. The number of carbonyl (C=O) groups excluding carboxylic acids is 3. The molecule has 10 heteroatoms. The van der Waals surface area contributed by atoms with Gasteiger partial charge >= 0.3 is 6.09 Å². The second-order valence-electron chi connectivity index (χ2n) is 7.29. The molecule has 2 atom stereocenters. The molecule has 0 radical (unpaired) electrons. The molecule has 1 aliphatic rings. The predicted molar refractivity (Wildman–Crippen MR) is 117 cm³/mol. The quantitative estimate of drug-likeness (QED) is 0.239. The standard InChI is InChI=1S/C21H32N6O4/c1-2-24-18(28)17-11-7-13-27(17)19(29)16(10-6-12-25-20(22)23)26-21(30)31-14-15-8-4-3-5-9-15/h3-5,8-9,16-17H,2,6-7,10-14H2,1H3,(H,24,28)(H,26,30)(H4,22,23,25)/t16-,17-/m0/s1. The largest absolute Gasteiger partial charge is 0.445 e. The van der Waals surface area contributed by atoms with Crippen LogP contribution in [0.2, 0.25) is 0 Å². The lowest BCUT2D eigenvalue weighted by Gasteiger charge is -2.28. The van der Waals surface area contributed by atoms with Gasteiger partial charge in [-0.3, -0.25) is 14.6 Å². The fourth-order valence-corrected chi connectivity index (χ4v) is 3.46. The Hall–Kier alpha value is -3.30. The summed E-state index contributed by atoms with van der Waals surface area (Å²) in [7, 11) is 0. The first-order chi connectivity index (χ1) is 14.9. The number of rotatable bonds is 10. The van der Waals surface area contributed by atoms with Crippen molar-refractivity contribution in [2.45, 2.75) is 51.3 Å². The summed E-state index contributed by atoms with van der Waals surface area (Å²) >= 11 is 0. The van der Waals surface area contributed by atoms with Gasteiger partial charge in [-0.05, 0) is 38.2 Å². The number of benzene rings is 1. The molecule has 1 heterocycles. The van der Waals surface area contributed by atoms with E-state index in [0.29, 0.717) is 38.9 Å². The first-order valence-corrected chi connectivity index (χ1v) is 10.5. The predicted octanol–water partition coefficient (Wildman–Crippen LogP) is 0.462. The summed E-state index contributed by atoms with van der Waals surface area (Å²) in [6.07, 6.45) is 1.42. The van der Waals surface area contributed by atoms with Gasteiger partial charge in [-0.1, -0.05) is 30.3 Å². The smallest absolute Gasteiger partial charge is 0.408 e. The molecule has 0 bridgehead atoms. The average molecular weight is 433 g/mol. The first-order valence-electron chi connectivity index (χ1n) is 10.5. The highest BCUT2D eigenvalue weighted by Gasteiger charge is 2.37. The molecule has 1 aromatic carbocycles. The van der Waals surface area contributed by atoms with Crippen molar-refractivity contribution in [2.75, 3.05) is 19.6 Å². The molecule has 170 valence electrons. The Labute approximate surface area is 182 Å². The maximum absolute atomic E-state index is 13.2. The van der Waals surface area contributed by atoms with Crippen molar-refractivity contribution in [1.82, 2.24) is 15.5 Å². The van der Waals surface area contributed by atoms with Gasteiger partial charge in [0.2, 0.25) is 11.8 Å². The molecule has 2 rings (SSSR count). The Morgan fingerprint density at radius 3 is 2.68 bits per heavy atom. The lowest BCUT2D eigenvalue weighted by Crippen LogP contribution is -2.53. The van der Waals surface area contributed by atoms with Crippen LogP contribution in [0, 0.1) is 0 Å². The van der Waals surface area contributed by atoms with Gasteiger partial charge in [0, 0.05) is 19.6 Å². The van der Waals surface area contributed by atoms with E-state index in [2.05, 4.69) is 15.6 Å². The van der Waals surface area contributed by atoms with Gasteiger partial charge < -0.3 is 31.7 Å². The fraction of sp³-hybridized carbons (Fsp3) is 0.524. The van der Waals surface area contributed by atoms with Gasteiger partial charge in [-0.25, -0.2) is 4.79 Å². The molecule has 1 saturated heterocycles. The highest BCUT2D eigenvalue weighted by molar-refractivity contribution is 5.91. The summed E-state index contributed by atoms with van der Waals surface area (Å²) in [6, 6.07) is 7.87. The van der Waals surface area contributed by atoms with Gasteiger partial charge in [0.1, 0.15) is 18.7 Å². The van der Waals surface area contributed by atoms with Crippen LogP contribution in [0.25, 0.3) is 0 Å². The number of amides is 3. The molecule has 1 aliphatic heterocycles. The molecule has 1 fully saturated rings. The number of hydrogen-bond acceptors (Lipinski definition) is 5. The molecule has 0 spiro atoms. The van der Waals surface area contributed by atoms with Crippen LogP contribution in [-0.4, -0.2) is 60.5 Å². The molecular formula is C21H32N6O4. The normalized spacial score (nSPS) is 16.3. The highest BCUT2D eigenvalue weighted by atomic mass is 16.5. The molecule has 0 unspecified atom stereocenters. The lowest BCUT2D eigenvalue weighted by atomic mass is 10.1. The van der Waals surface area contributed by atoms with E-state index in [1.165, 1.54) is 4.90 Å². The Kier molecular flexibility index (Phi) is 9.60. The third-order valence-corrected chi connectivity index (χ3v) is 4.94. The summed E-state index contributed by atoms with van der Waals surface area (Å²) in [5.41, 5.74) is 11.5. The second kappa shape index (κ2) is 12.4. The molecule has 1 aromatic rings. The van der Waals surface area contributed by atoms with Gasteiger partial charge in [0.15, 0.2) is 5.96 Å². The van der Waals surface area contributed by atoms with Crippen LogP contribution in [0.1, 0.15) is 38.2 Å². The highest BCUT2D eigenvalue weighted by Crippen LogP contribution is 2.20. The van der Waals surface area contributed by atoms with Crippen LogP contribution in [-0.2, 0) is 20.9 Å². The van der Waals surface area contributed by atoms with Gasteiger partial charge in [0.05, 0.1) is 0 Å². The van der Waals surface area contributed by atoms with Gasteiger partial charge in [0.25, 0.3) is 0 Å². The third kappa shape index (κ3) is 7.80. The summed E-state index contributed by atoms with van der Waals surface area (Å²) in [5.74, 6) is -0.525. The average Bonchev–Trinajstić information content (AvgIpc) is 3.25. The monoisotopic (exact) mass is 432 g/mol. The van der Waals surface area contributed by atoms with Crippen molar-refractivity contribution in [3.05, 3.63) is 35.9 Å². The maximum Gasteiger partial charge on any atom is 0.408 e. The minimum absolute atomic E-state index is 0.0334. The van der Waals surface area contributed by atoms with Gasteiger partial charge in [-0.2, -0.15) is 0 Å². The Bertz CT molecular complexity index is 766. The topological polar surface area (TPSA) is 152 Å². The number of nitrogens with two attached hydrogens (primary N) is 2. The SMILES string of the molecule is CCNC(=O)[C@@H]1CCCN1C(=O)[C@H](CCCN=C(N)N)NC(=O)OCc1ccccc1. The molecule has 0 aromatic heterocycles. The van der Waals surface area contributed by atoms with Crippen molar-refractivity contribution in [3.63, 3.8) is 0 Å². The number of likely N-dealkylation sites (tertiary alicyclic amines) is 1. The molecule has 10 nitrogen and oxygen atoms in total. The third-order valence-electron chi connectivity index (χ3n) is 4.94. The van der Waals surface area contributed by atoms with E-state index in [-0.39, 0.29) is 24.4 Å². The van der Waals surface area contributed by atoms with E-state index in [9.17, 15) is 14.4 Å². The Morgan fingerprint density at radius 2 is 2.00 bits per heavy atom. The van der Waals surface area contributed by atoms with Crippen LogP contribution < -0.4 is 22.1 Å². The number of aliphatic imine (C=N–C) groups is 1. The Morgan fingerprint density at radius 1 is 1.26 bits per heavy atom. The number of ether oxygens (including phenoxy) is 1. The van der Waals surface area contributed by atoms with Crippen molar-refractivity contribution >= 4 is 23.9 Å². The number of guanidine groups is 1. The van der Waals surface area contributed by atoms with E-state index in [1.54, 1.807) is 0 Å². The zero-order chi connectivity index (χ0) is 22.6. The van der Waals surface area contributed by atoms with Crippen molar-refractivity contribution < 1.29 is 19.1 Å². The van der Waals surface area contributed by atoms with E-state index < -0.39 is 18.2 Å². The summed E-state index contributed by atoms with van der Waals surface area (Å²) in [5, 5.41) is 5.41. The van der Waals surface area contributed by atoms with Crippen LogP contribution in [0.5, 0.6) is 0 Å². The first kappa shape index (κ1) is 24.0. The number of alkyl carbamates (subject to hydrolysis) is 1. The molecular weight excluding hydrogens is 400 g/mol. The molecule has 0 aliphatic carbocycles. The minimum atomic E-state index is -0.840. The number of nitrogens with one attached hydrogen (secondary N) is 2. The van der Waals surface area contributed by atoms with Crippen LogP contribution in [0.15, 0.2) is 35.3 Å². The maximum atomic E-state index is 13.2. The van der Waals surface area contributed by atoms with E-state index in [4.69, 9.17) is 16.2 Å². The fourth-order valence-electron chi connectivity index (χ4n) is 3.46. The summed E-state index contributed by atoms with van der Waals surface area (Å²) in [6.45, 7) is 3.20. The van der Waals surface area contributed by atoms with Crippen LogP contribution in [0.3, 0.4) is 0 Å². The number of hydrogen-bond donors (Lipinski definition) is 4. The summed E-state index contributed by atoms with van der Waals surface area (Å²) < 4.78 is 5.26. The van der Waals surface area contributed by atoms with Crippen molar-refractivity contribution in [3.8, 4) is 0 Å². The van der Waals surface area contributed by atoms with E-state index in [0.717, 1.165) is 12.0 Å². The van der Waals surface area contributed by atoms with Gasteiger partial charge in [-0.15, -0.1) is 0 Å².